The second-order valence-corrected chi connectivity index (χ2v) is 10.9. The first-order chi connectivity index (χ1) is 19.2. The summed E-state index contributed by atoms with van der Waals surface area (Å²) in [6.45, 7) is 8.73. The van der Waals surface area contributed by atoms with Crippen LogP contribution in [0.1, 0.15) is 49.1 Å². The number of nitrogens with one attached hydrogen (secondary N) is 1. The summed E-state index contributed by atoms with van der Waals surface area (Å²) in [6.07, 6.45) is 0. The van der Waals surface area contributed by atoms with Crippen LogP contribution in [0, 0.1) is 6.92 Å². The lowest BCUT2D eigenvalue weighted by molar-refractivity contribution is -0.135. The number of benzene rings is 3. The van der Waals surface area contributed by atoms with Gasteiger partial charge in [0.15, 0.2) is 0 Å². The topological polar surface area (TPSA) is 76.5 Å². The molecule has 1 aromatic heterocycles. The molecule has 1 heterocycles. The molecule has 0 spiro atoms. The van der Waals surface area contributed by atoms with Crippen LogP contribution in [0.4, 0.5) is 5.82 Å². The molecule has 1 N–H and O–H groups in total. The number of aryl methyl sites for hydroxylation is 1. The molecule has 40 heavy (non-hydrogen) atoms. The summed E-state index contributed by atoms with van der Waals surface area (Å²) < 4.78 is 7.07. The third-order valence-electron chi connectivity index (χ3n) is 6.81. The van der Waals surface area contributed by atoms with Gasteiger partial charge in [-0.05, 0) is 29.7 Å². The Bertz CT molecular complexity index is 1390. The molecule has 208 valence electrons. The minimum absolute atomic E-state index is 0.123. The van der Waals surface area contributed by atoms with Gasteiger partial charge in [-0.15, -0.1) is 0 Å². The molecule has 0 radical (unpaired) electrons. The van der Waals surface area contributed by atoms with E-state index in [2.05, 4.69) is 26.1 Å². The van der Waals surface area contributed by atoms with Crippen molar-refractivity contribution in [2.75, 3.05) is 32.1 Å². The van der Waals surface area contributed by atoms with E-state index in [4.69, 9.17) is 9.84 Å². The van der Waals surface area contributed by atoms with E-state index in [0.717, 1.165) is 28.1 Å². The van der Waals surface area contributed by atoms with Gasteiger partial charge in [0.2, 0.25) is 11.8 Å². The SMILES string of the molecule is COCCN(CC(=O)Nc1cc(C(C)(C)C)nn1-c1ccccc1C)C(=O)C(c1ccccc1)c1ccccc1. The van der Waals surface area contributed by atoms with Gasteiger partial charge in [0.25, 0.3) is 0 Å². The van der Waals surface area contributed by atoms with Crippen molar-refractivity contribution < 1.29 is 14.3 Å². The molecule has 0 saturated carbocycles. The second-order valence-electron chi connectivity index (χ2n) is 10.9. The van der Waals surface area contributed by atoms with Crippen LogP contribution in [0.15, 0.2) is 91.0 Å². The zero-order valence-corrected chi connectivity index (χ0v) is 23.9. The fourth-order valence-corrected chi connectivity index (χ4v) is 4.60. The maximum Gasteiger partial charge on any atom is 0.245 e. The number of aromatic nitrogens is 2. The third kappa shape index (κ3) is 6.85. The predicted molar refractivity (Wildman–Crippen MR) is 159 cm³/mol. The molecule has 4 rings (SSSR count). The van der Waals surface area contributed by atoms with Gasteiger partial charge in [0, 0.05) is 25.1 Å². The molecule has 0 unspecified atom stereocenters. The molecule has 0 bridgehead atoms. The quantitative estimate of drug-likeness (QED) is 0.280. The summed E-state index contributed by atoms with van der Waals surface area (Å²) in [5.41, 5.74) is 4.29. The number of carbonyl (C=O) groups excluding carboxylic acids is 2. The number of anilines is 1. The summed E-state index contributed by atoms with van der Waals surface area (Å²) in [7, 11) is 1.59. The number of rotatable bonds is 10. The van der Waals surface area contributed by atoms with Gasteiger partial charge in [-0.1, -0.05) is 99.6 Å². The molecule has 0 aliphatic rings. The van der Waals surface area contributed by atoms with E-state index in [1.54, 1.807) is 16.7 Å². The number of methoxy groups -OCH3 is 1. The molecule has 0 aliphatic carbocycles. The van der Waals surface area contributed by atoms with Gasteiger partial charge < -0.3 is 15.0 Å². The van der Waals surface area contributed by atoms with Crippen LogP contribution in [0.25, 0.3) is 5.69 Å². The van der Waals surface area contributed by atoms with Crippen molar-refractivity contribution in [2.24, 2.45) is 0 Å². The Morgan fingerprint density at radius 1 is 0.925 bits per heavy atom. The van der Waals surface area contributed by atoms with Crippen molar-refractivity contribution in [3.05, 3.63) is 113 Å². The Morgan fingerprint density at radius 3 is 2.05 bits per heavy atom. The normalized spacial score (nSPS) is 11.4. The molecule has 2 amide bonds. The number of carbonyl (C=O) groups is 2. The maximum absolute atomic E-state index is 14.1. The highest BCUT2D eigenvalue weighted by molar-refractivity contribution is 5.96. The standard InChI is InChI=1S/C33H38N4O3/c1-24-14-12-13-19-27(24)37-29(22-28(35-37)33(2,3)4)34-30(38)23-36(20-21-40-5)32(39)31(25-15-8-6-9-16-25)26-17-10-7-11-18-26/h6-19,22,31H,20-21,23H2,1-5H3,(H,34,38). The van der Waals surface area contributed by atoms with Crippen LogP contribution in [-0.4, -0.2) is 53.3 Å². The first-order valence-electron chi connectivity index (χ1n) is 13.5. The van der Waals surface area contributed by atoms with Gasteiger partial charge >= 0.3 is 0 Å². The van der Waals surface area contributed by atoms with E-state index in [-0.39, 0.29) is 30.3 Å². The van der Waals surface area contributed by atoms with Gasteiger partial charge in [-0.2, -0.15) is 5.10 Å². The van der Waals surface area contributed by atoms with E-state index in [1.165, 1.54) is 0 Å². The summed E-state index contributed by atoms with van der Waals surface area (Å²) >= 11 is 0. The fourth-order valence-electron chi connectivity index (χ4n) is 4.60. The Hall–Kier alpha value is -4.23. The number of hydrogen-bond donors (Lipinski definition) is 1. The van der Waals surface area contributed by atoms with Gasteiger partial charge in [0.05, 0.1) is 23.9 Å². The van der Waals surface area contributed by atoms with Crippen LogP contribution < -0.4 is 5.32 Å². The summed E-state index contributed by atoms with van der Waals surface area (Å²) in [4.78, 5) is 29.2. The van der Waals surface area contributed by atoms with Gasteiger partial charge in [-0.3, -0.25) is 9.59 Å². The minimum atomic E-state index is -0.544. The lowest BCUT2D eigenvalue weighted by atomic mass is 9.90. The van der Waals surface area contributed by atoms with E-state index >= 15 is 0 Å². The van der Waals surface area contributed by atoms with Crippen molar-refractivity contribution >= 4 is 17.6 Å². The van der Waals surface area contributed by atoms with E-state index in [9.17, 15) is 9.59 Å². The summed E-state index contributed by atoms with van der Waals surface area (Å²) in [5.74, 6) is -0.449. The van der Waals surface area contributed by atoms with Crippen LogP contribution in [0.2, 0.25) is 0 Å². The van der Waals surface area contributed by atoms with E-state index < -0.39 is 5.92 Å². The first kappa shape index (κ1) is 28.8. The summed E-state index contributed by atoms with van der Waals surface area (Å²) in [6, 6.07) is 29.1. The second kappa shape index (κ2) is 12.7. The smallest absolute Gasteiger partial charge is 0.245 e. The third-order valence-corrected chi connectivity index (χ3v) is 6.81. The summed E-state index contributed by atoms with van der Waals surface area (Å²) in [5, 5.41) is 7.87. The lowest BCUT2D eigenvalue weighted by Crippen LogP contribution is -2.42. The van der Waals surface area contributed by atoms with Crippen LogP contribution in [-0.2, 0) is 19.7 Å². The highest BCUT2D eigenvalue weighted by Crippen LogP contribution is 2.29. The van der Waals surface area contributed by atoms with Gasteiger partial charge in [-0.25, -0.2) is 4.68 Å². The minimum Gasteiger partial charge on any atom is -0.383 e. The molecular formula is C33H38N4O3. The number of hydrogen-bond acceptors (Lipinski definition) is 4. The molecule has 0 aliphatic heterocycles. The van der Waals surface area contributed by atoms with Crippen LogP contribution in [0.5, 0.6) is 0 Å². The number of ether oxygens (including phenoxy) is 1. The van der Waals surface area contributed by atoms with Crippen molar-refractivity contribution in [2.45, 2.75) is 39.0 Å². The largest absolute Gasteiger partial charge is 0.383 e. The zero-order valence-electron chi connectivity index (χ0n) is 23.9. The number of amides is 2. The van der Waals surface area contributed by atoms with Crippen LogP contribution in [0.3, 0.4) is 0 Å². The molecule has 7 heteroatoms. The molecule has 4 aromatic rings. The number of nitrogens with zero attached hydrogens (tertiary/aromatic N) is 3. The molecule has 0 saturated heterocycles. The Labute approximate surface area is 236 Å². The Kier molecular flexibility index (Phi) is 9.17. The number of para-hydroxylation sites is 1. The first-order valence-corrected chi connectivity index (χ1v) is 13.5. The van der Waals surface area contributed by atoms with E-state index in [0.29, 0.717) is 12.4 Å². The van der Waals surface area contributed by atoms with Crippen molar-refractivity contribution in [1.82, 2.24) is 14.7 Å². The monoisotopic (exact) mass is 538 g/mol. The van der Waals surface area contributed by atoms with Crippen molar-refractivity contribution in [3.8, 4) is 5.69 Å². The average molecular weight is 539 g/mol. The average Bonchev–Trinajstić information content (AvgIpc) is 3.36. The van der Waals surface area contributed by atoms with Crippen molar-refractivity contribution in [3.63, 3.8) is 0 Å². The molecule has 0 atom stereocenters. The molecule has 7 nitrogen and oxygen atoms in total. The van der Waals surface area contributed by atoms with Crippen molar-refractivity contribution in [1.29, 1.82) is 0 Å². The van der Waals surface area contributed by atoms with E-state index in [1.807, 2.05) is 97.9 Å². The highest BCUT2D eigenvalue weighted by Gasteiger charge is 2.29. The molecular weight excluding hydrogens is 500 g/mol. The zero-order chi connectivity index (χ0) is 28.7. The fraction of sp³-hybridized carbons (Fsp3) is 0.303. The Morgan fingerprint density at radius 2 is 1.50 bits per heavy atom. The maximum atomic E-state index is 14.1. The van der Waals surface area contributed by atoms with Crippen LogP contribution >= 0.6 is 0 Å². The van der Waals surface area contributed by atoms with Gasteiger partial charge in [0.1, 0.15) is 12.4 Å². The highest BCUT2D eigenvalue weighted by atomic mass is 16.5. The lowest BCUT2D eigenvalue weighted by Gasteiger charge is -2.27. The molecule has 0 fully saturated rings. The predicted octanol–water partition coefficient (Wildman–Crippen LogP) is 5.72. The molecule has 3 aromatic carbocycles. The Balaban J connectivity index is 1.64.